The molecule has 1 fully saturated rings. The van der Waals surface area contributed by atoms with Crippen molar-refractivity contribution in [2.24, 2.45) is 0 Å². The molecule has 0 saturated heterocycles. The summed E-state index contributed by atoms with van der Waals surface area (Å²) in [6.07, 6.45) is 5.22. The van der Waals surface area contributed by atoms with Crippen molar-refractivity contribution in [3.63, 3.8) is 0 Å². The van der Waals surface area contributed by atoms with Gasteiger partial charge in [-0.25, -0.2) is 9.59 Å². The number of amides is 4. The van der Waals surface area contributed by atoms with Gasteiger partial charge in [0.15, 0.2) is 12.4 Å². The first-order valence-electron chi connectivity index (χ1n) is 8.07. The molecular formula is C16H21N3O6. The number of furan rings is 1. The van der Waals surface area contributed by atoms with E-state index in [2.05, 4.69) is 16.0 Å². The van der Waals surface area contributed by atoms with Gasteiger partial charge in [-0.15, -0.1) is 0 Å². The molecule has 0 aromatic carbocycles. The smallest absolute Gasteiger partial charge is 0.328 e. The minimum Gasteiger partial charge on any atom is -0.459 e. The summed E-state index contributed by atoms with van der Waals surface area (Å²) in [7, 11) is 0. The van der Waals surface area contributed by atoms with Gasteiger partial charge in [0.1, 0.15) is 6.04 Å². The first-order valence-corrected chi connectivity index (χ1v) is 8.07. The summed E-state index contributed by atoms with van der Waals surface area (Å²) in [5, 5.41) is 7.16. The molecule has 1 aliphatic carbocycles. The summed E-state index contributed by atoms with van der Waals surface area (Å²) in [4.78, 5) is 46.7. The van der Waals surface area contributed by atoms with E-state index in [1.807, 2.05) is 0 Å². The number of rotatable bonds is 6. The van der Waals surface area contributed by atoms with Crippen molar-refractivity contribution in [1.29, 1.82) is 0 Å². The van der Waals surface area contributed by atoms with Crippen molar-refractivity contribution in [2.75, 3.05) is 6.61 Å². The molecule has 4 amide bonds. The van der Waals surface area contributed by atoms with Gasteiger partial charge < -0.3 is 19.8 Å². The average Bonchev–Trinajstić information content (AvgIpc) is 3.25. The highest BCUT2D eigenvalue weighted by Gasteiger charge is 2.21. The third-order valence-electron chi connectivity index (χ3n) is 3.73. The predicted molar refractivity (Wildman–Crippen MR) is 85.5 cm³/mol. The lowest BCUT2D eigenvalue weighted by Gasteiger charge is -2.14. The molecule has 25 heavy (non-hydrogen) atoms. The van der Waals surface area contributed by atoms with E-state index in [1.165, 1.54) is 19.3 Å². The molecule has 0 aliphatic heterocycles. The average molecular weight is 351 g/mol. The summed E-state index contributed by atoms with van der Waals surface area (Å²) < 4.78 is 9.68. The molecule has 1 atom stereocenters. The van der Waals surface area contributed by atoms with Gasteiger partial charge in [-0.1, -0.05) is 12.8 Å². The van der Waals surface area contributed by atoms with Crippen LogP contribution in [-0.4, -0.2) is 42.5 Å². The van der Waals surface area contributed by atoms with Crippen LogP contribution in [-0.2, 0) is 14.3 Å². The molecule has 0 spiro atoms. The quantitative estimate of drug-likeness (QED) is 0.648. The Balaban J connectivity index is 1.66. The molecule has 1 aromatic rings. The number of ether oxygens (including phenoxy) is 1. The fourth-order valence-corrected chi connectivity index (χ4v) is 2.45. The Morgan fingerprint density at radius 2 is 2.00 bits per heavy atom. The van der Waals surface area contributed by atoms with E-state index in [-0.39, 0.29) is 11.8 Å². The number of imide groups is 1. The second kappa shape index (κ2) is 8.86. The third-order valence-corrected chi connectivity index (χ3v) is 3.73. The molecule has 1 aliphatic rings. The Bertz CT molecular complexity index is 622. The van der Waals surface area contributed by atoms with Gasteiger partial charge in [0.05, 0.1) is 6.26 Å². The van der Waals surface area contributed by atoms with Crippen molar-refractivity contribution >= 4 is 23.8 Å². The Kier molecular flexibility index (Phi) is 6.55. The lowest BCUT2D eigenvalue weighted by atomic mass is 10.2. The normalized spacial score (nSPS) is 15.2. The molecule has 0 unspecified atom stereocenters. The molecule has 1 aromatic heterocycles. The summed E-state index contributed by atoms with van der Waals surface area (Å²) >= 11 is 0. The highest BCUT2D eigenvalue weighted by molar-refractivity contribution is 5.97. The van der Waals surface area contributed by atoms with Crippen LogP contribution in [0.25, 0.3) is 0 Å². The Labute approximate surface area is 144 Å². The van der Waals surface area contributed by atoms with E-state index in [0.29, 0.717) is 0 Å². The number of esters is 1. The summed E-state index contributed by atoms with van der Waals surface area (Å²) in [5.74, 6) is -2.06. The molecule has 2 rings (SSSR count). The van der Waals surface area contributed by atoms with Gasteiger partial charge >= 0.3 is 12.0 Å². The van der Waals surface area contributed by atoms with E-state index >= 15 is 0 Å². The second-order valence-electron chi connectivity index (χ2n) is 5.78. The first kappa shape index (κ1) is 18.5. The summed E-state index contributed by atoms with van der Waals surface area (Å²) in [5.41, 5.74) is 0. The van der Waals surface area contributed by atoms with Crippen LogP contribution in [0, 0.1) is 0 Å². The van der Waals surface area contributed by atoms with Crippen LogP contribution < -0.4 is 16.0 Å². The Morgan fingerprint density at radius 3 is 2.64 bits per heavy atom. The van der Waals surface area contributed by atoms with E-state index in [9.17, 15) is 19.2 Å². The Morgan fingerprint density at radius 1 is 1.28 bits per heavy atom. The van der Waals surface area contributed by atoms with Crippen molar-refractivity contribution in [3.05, 3.63) is 24.2 Å². The fourth-order valence-electron chi connectivity index (χ4n) is 2.45. The van der Waals surface area contributed by atoms with Crippen LogP contribution in [0.15, 0.2) is 22.8 Å². The van der Waals surface area contributed by atoms with Crippen LogP contribution in [0.4, 0.5) is 4.79 Å². The summed E-state index contributed by atoms with van der Waals surface area (Å²) in [6.45, 7) is 0.797. The number of hydrogen-bond donors (Lipinski definition) is 3. The zero-order valence-corrected chi connectivity index (χ0v) is 13.9. The zero-order chi connectivity index (χ0) is 18.2. The van der Waals surface area contributed by atoms with E-state index in [4.69, 9.17) is 9.15 Å². The van der Waals surface area contributed by atoms with Crippen molar-refractivity contribution < 1.29 is 28.3 Å². The van der Waals surface area contributed by atoms with Crippen LogP contribution >= 0.6 is 0 Å². The molecule has 1 saturated carbocycles. The van der Waals surface area contributed by atoms with Crippen LogP contribution in [0.2, 0.25) is 0 Å². The van der Waals surface area contributed by atoms with Gasteiger partial charge in [-0.05, 0) is 31.9 Å². The minimum absolute atomic E-state index is 0.0565. The largest absolute Gasteiger partial charge is 0.459 e. The molecule has 0 bridgehead atoms. The maximum Gasteiger partial charge on any atom is 0.328 e. The molecule has 3 N–H and O–H groups in total. The zero-order valence-electron chi connectivity index (χ0n) is 13.9. The van der Waals surface area contributed by atoms with Crippen molar-refractivity contribution in [3.8, 4) is 0 Å². The monoisotopic (exact) mass is 351 g/mol. The number of hydrogen-bond acceptors (Lipinski definition) is 6. The molecule has 9 heteroatoms. The van der Waals surface area contributed by atoms with Crippen molar-refractivity contribution in [1.82, 2.24) is 16.0 Å². The van der Waals surface area contributed by atoms with Gasteiger partial charge in [0.25, 0.3) is 11.8 Å². The standard InChI is InChI=1S/C16H21N3O6/c1-10(17-14(21)12-7-4-8-24-12)15(22)25-9-13(20)19-16(23)18-11-5-2-3-6-11/h4,7-8,10-11H,2-3,5-6,9H2,1H3,(H,17,21)(H2,18,19,20,23)/t10-/m0/s1. The first-order chi connectivity index (χ1) is 12.0. The highest BCUT2D eigenvalue weighted by Crippen LogP contribution is 2.17. The van der Waals surface area contributed by atoms with Gasteiger partial charge in [0.2, 0.25) is 0 Å². The third kappa shape index (κ3) is 5.94. The van der Waals surface area contributed by atoms with Crippen LogP contribution in [0.1, 0.15) is 43.2 Å². The summed E-state index contributed by atoms with van der Waals surface area (Å²) in [6, 6.07) is 1.49. The molecule has 9 nitrogen and oxygen atoms in total. The lowest BCUT2D eigenvalue weighted by molar-refractivity contribution is -0.149. The molecule has 1 heterocycles. The van der Waals surface area contributed by atoms with E-state index in [0.717, 1.165) is 25.7 Å². The Hall–Kier alpha value is -2.84. The molecule has 0 radical (unpaired) electrons. The second-order valence-corrected chi connectivity index (χ2v) is 5.78. The molecule has 136 valence electrons. The van der Waals surface area contributed by atoms with Gasteiger partial charge in [0, 0.05) is 6.04 Å². The molecular weight excluding hydrogens is 330 g/mol. The SMILES string of the molecule is C[C@H](NC(=O)c1ccco1)C(=O)OCC(=O)NC(=O)NC1CCCC1. The number of carbonyl (C=O) groups excluding carboxylic acids is 4. The van der Waals surface area contributed by atoms with E-state index < -0.39 is 36.5 Å². The lowest BCUT2D eigenvalue weighted by Crippen LogP contribution is -2.46. The number of carbonyl (C=O) groups is 4. The maximum absolute atomic E-state index is 11.8. The van der Waals surface area contributed by atoms with Crippen LogP contribution in [0.3, 0.4) is 0 Å². The van der Waals surface area contributed by atoms with Gasteiger partial charge in [-0.3, -0.25) is 14.9 Å². The fraction of sp³-hybridized carbons (Fsp3) is 0.500. The number of urea groups is 1. The topological polar surface area (TPSA) is 127 Å². The minimum atomic E-state index is -0.974. The van der Waals surface area contributed by atoms with E-state index in [1.54, 1.807) is 6.07 Å². The highest BCUT2D eigenvalue weighted by atomic mass is 16.5. The number of nitrogens with one attached hydrogen (secondary N) is 3. The maximum atomic E-state index is 11.8. The van der Waals surface area contributed by atoms with Gasteiger partial charge in [-0.2, -0.15) is 0 Å². The predicted octanol–water partition coefficient (Wildman–Crippen LogP) is 0.710. The van der Waals surface area contributed by atoms with Crippen LogP contribution in [0.5, 0.6) is 0 Å². The van der Waals surface area contributed by atoms with Crippen molar-refractivity contribution in [2.45, 2.75) is 44.7 Å².